The molecule has 3 fully saturated rings. The number of carbonyl (C=O) groups excluding carboxylic acids is 1. The maximum absolute atomic E-state index is 12.5. The van der Waals surface area contributed by atoms with Gasteiger partial charge in [0.05, 0.1) is 5.41 Å². The van der Waals surface area contributed by atoms with Crippen molar-refractivity contribution in [2.45, 2.75) is 19.8 Å². The number of tetrazole rings is 1. The molecule has 0 aromatic carbocycles. The molecule has 1 N–H and O–H groups in total. The van der Waals surface area contributed by atoms with Crippen LogP contribution in [0.25, 0.3) is 0 Å². The van der Waals surface area contributed by atoms with Crippen molar-refractivity contribution in [1.82, 2.24) is 25.5 Å². The molecular formula is C12H18N6O. The second-order valence-corrected chi connectivity index (χ2v) is 6.14. The number of nitrogens with one attached hydrogen (secondary N) is 1. The van der Waals surface area contributed by atoms with Crippen molar-refractivity contribution < 1.29 is 4.79 Å². The number of hydrogen-bond donors (Lipinski definition) is 1. The van der Waals surface area contributed by atoms with Crippen LogP contribution >= 0.6 is 0 Å². The Balaban J connectivity index is 1.37. The van der Waals surface area contributed by atoms with Crippen LogP contribution in [0.4, 0.5) is 5.95 Å². The van der Waals surface area contributed by atoms with Crippen LogP contribution in [0.3, 0.4) is 0 Å². The first-order valence-corrected chi connectivity index (χ1v) is 6.98. The molecule has 1 aliphatic heterocycles. The number of anilines is 1. The smallest absolute Gasteiger partial charge is 0.265 e. The normalized spacial score (nSPS) is 36.7. The Bertz CT molecular complexity index is 494. The van der Waals surface area contributed by atoms with E-state index < -0.39 is 0 Å². The highest BCUT2D eigenvalue weighted by Gasteiger charge is 2.70. The van der Waals surface area contributed by atoms with Gasteiger partial charge in [0.2, 0.25) is 5.91 Å². The minimum absolute atomic E-state index is 0.0493. The Morgan fingerprint density at radius 1 is 1.32 bits per heavy atom. The summed E-state index contributed by atoms with van der Waals surface area (Å²) in [5.74, 6) is 2.45. The van der Waals surface area contributed by atoms with Crippen LogP contribution < -0.4 is 4.90 Å². The average molecular weight is 262 g/mol. The van der Waals surface area contributed by atoms with E-state index in [0.717, 1.165) is 44.9 Å². The largest absolute Gasteiger partial charge is 0.339 e. The quantitative estimate of drug-likeness (QED) is 0.805. The third-order valence-corrected chi connectivity index (χ3v) is 5.12. The average Bonchev–Trinajstić information content (AvgIpc) is 2.81. The summed E-state index contributed by atoms with van der Waals surface area (Å²) in [6, 6.07) is 0. The molecule has 3 atom stereocenters. The molecule has 1 saturated heterocycles. The predicted octanol–water partition coefficient (Wildman–Crippen LogP) is -0.106. The summed E-state index contributed by atoms with van der Waals surface area (Å²) in [6.45, 7) is 5.40. The Morgan fingerprint density at radius 3 is 2.63 bits per heavy atom. The zero-order chi connectivity index (χ0) is 13.0. The first kappa shape index (κ1) is 11.2. The van der Waals surface area contributed by atoms with Crippen molar-refractivity contribution in [3.63, 3.8) is 0 Å². The maximum Gasteiger partial charge on any atom is 0.265 e. The van der Waals surface area contributed by atoms with Crippen LogP contribution in [0.1, 0.15) is 19.8 Å². The van der Waals surface area contributed by atoms with E-state index in [0.29, 0.717) is 17.8 Å². The van der Waals surface area contributed by atoms with Crippen molar-refractivity contribution in [1.29, 1.82) is 0 Å². The fourth-order valence-electron chi connectivity index (χ4n) is 3.92. The fourth-order valence-corrected chi connectivity index (χ4v) is 3.92. The zero-order valence-corrected chi connectivity index (χ0v) is 11.0. The molecular weight excluding hydrogens is 244 g/mol. The summed E-state index contributed by atoms with van der Waals surface area (Å²) in [6.07, 6.45) is 2.22. The predicted molar refractivity (Wildman–Crippen MR) is 67.3 cm³/mol. The molecule has 1 amide bonds. The summed E-state index contributed by atoms with van der Waals surface area (Å²) in [5.41, 5.74) is 0.0493. The van der Waals surface area contributed by atoms with Gasteiger partial charge >= 0.3 is 0 Å². The Kier molecular flexibility index (Phi) is 2.17. The van der Waals surface area contributed by atoms with E-state index >= 15 is 0 Å². The lowest BCUT2D eigenvalue weighted by molar-refractivity contribution is -0.141. The number of amides is 1. The van der Waals surface area contributed by atoms with Crippen molar-refractivity contribution in [2.75, 3.05) is 31.1 Å². The summed E-state index contributed by atoms with van der Waals surface area (Å²) < 4.78 is 0. The highest BCUT2D eigenvalue weighted by atomic mass is 16.2. The van der Waals surface area contributed by atoms with Gasteiger partial charge in [-0.25, -0.2) is 0 Å². The lowest BCUT2D eigenvalue weighted by Crippen LogP contribution is -2.53. The van der Waals surface area contributed by atoms with Crippen LogP contribution in [-0.2, 0) is 4.79 Å². The summed E-state index contributed by atoms with van der Waals surface area (Å²) in [7, 11) is 0. The number of fused-ring (bicyclic) bond motifs is 1. The third-order valence-electron chi connectivity index (χ3n) is 5.12. The van der Waals surface area contributed by atoms with Crippen LogP contribution in [0, 0.1) is 17.3 Å². The Labute approximate surface area is 111 Å². The number of piperazine rings is 1. The molecule has 2 heterocycles. The van der Waals surface area contributed by atoms with E-state index in [1.54, 1.807) is 0 Å². The van der Waals surface area contributed by atoms with Crippen LogP contribution in [0.15, 0.2) is 0 Å². The Hall–Kier alpha value is -1.66. The number of H-pyrrole nitrogens is 1. The molecule has 0 bridgehead atoms. The van der Waals surface area contributed by atoms with Gasteiger partial charge in [-0.1, -0.05) is 12.0 Å². The van der Waals surface area contributed by atoms with E-state index in [9.17, 15) is 4.79 Å². The van der Waals surface area contributed by atoms with E-state index in [2.05, 4.69) is 32.4 Å². The third kappa shape index (κ3) is 1.50. The second kappa shape index (κ2) is 3.68. The first-order valence-electron chi connectivity index (χ1n) is 6.98. The number of carbonyl (C=O) groups is 1. The number of aromatic amines is 1. The van der Waals surface area contributed by atoms with Gasteiger partial charge < -0.3 is 9.80 Å². The maximum atomic E-state index is 12.5. The highest BCUT2D eigenvalue weighted by molar-refractivity contribution is 5.87. The van der Waals surface area contributed by atoms with Gasteiger partial charge in [-0.05, 0) is 29.9 Å². The minimum atomic E-state index is 0.0493. The molecule has 1 aromatic rings. The number of rotatable bonds is 2. The van der Waals surface area contributed by atoms with Crippen LogP contribution in [0.2, 0.25) is 0 Å². The molecule has 2 saturated carbocycles. The fraction of sp³-hybridized carbons (Fsp3) is 0.833. The van der Waals surface area contributed by atoms with Crippen molar-refractivity contribution in [3.05, 3.63) is 0 Å². The molecule has 3 aliphatic rings. The zero-order valence-electron chi connectivity index (χ0n) is 11.0. The number of nitrogens with zero attached hydrogens (tertiary/aromatic N) is 5. The van der Waals surface area contributed by atoms with Gasteiger partial charge in [0.1, 0.15) is 0 Å². The van der Waals surface area contributed by atoms with Gasteiger partial charge in [0.25, 0.3) is 5.95 Å². The molecule has 2 aliphatic carbocycles. The molecule has 7 nitrogen and oxygen atoms in total. The van der Waals surface area contributed by atoms with Gasteiger partial charge in [-0.2, -0.15) is 5.21 Å². The van der Waals surface area contributed by atoms with E-state index in [-0.39, 0.29) is 5.41 Å². The number of hydrogen-bond acceptors (Lipinski definition) is 5. The summed E-state index contributed by atoms with van der Waals surface area (Å²) in [4.78, 5) is 16.6. The molecule has 0 unspecified atom stereocenters. The SMILES string of the molecule is C[C@@H]1C[C@@]2(C(=O)N3CCN(c4nn[nH]n4)CC3)C[C@@H]12. The van der Waals surface area contributed by atoms with Crippen molar-refractivity contribution >= 4 is 11.9 Å². The molecule has 7 heteroatoms. The molecule has 1 aromatic heterocycles. The van der Waals surface area contributed by atoms with E-state index in [1.165, 1.54) is 0 Å². The second-order valence-electron chi connectivity index (χ2n) is 6.14. The lowest BCUT2D eigenvalue weighted by atomic mass is 9.75. The number of aromatic nitrogens is 4. The van der Waals surface area contributed by atoms with E-state index in [1.807, 2.05) is 4.90 Å². The molecule has 19 heavy (non-hydrogen) atoms. The topological polar surface area (TPSA) is 78.0 Å². The molecule has 4 rings (SSSR count). The summed E-state index contributed by atoms with van der Waals surface area (Å²) >= 11 is 0. The standard InChI is InChI=1S/C12H18N6O/c1-8-6-12(7-9(8)12)10(19)17-2-4-18(5-3-17)11-13-15-16-14-11/h8-9H,2-7H2,1H3,(H,13,14,15,16)/t8-,9+,12-/m1/s1. The van der Waals surface area contributed by atoms with Gasteiger partial charge in [-0.15, -0.1) is 5.10 Å². The highest BCUT2D eigenvalue weighted by Crippen LogP contribution is 2.71. The van der Waals surface area contributed by atoms with Crippen molar-refractivity contribution in [2.24, 2.45) is 17.3 Å². The van der Waals surface area contributed by atoms with Crippen molar-refractivity contribution in [3.8, 4) is 0 Å². The molecule has 0 spiro atoms. The molecule has 0 radical (unpaired) electrons. The minimum Gasteiger partial charge on any atom is -0.339 e. The van der Waals surface area contributed by atoms with E-state index in [4.69, 9.17) is 0 Å². The van der Waals surface area contributed by atoms with Crippen LogP contribution in [0.5, 0.6) is 0 Å². The van der Waals surface area contributed by atoms with Crippen LogP contribution in [-0.4, -0.2) is 57.6 Å². The van der Waals surface area contributed by atoms with Gasteiger partial charge in [0.15, 0.2) is 0 Å². The molecule has 102 valence electrons. The summed E-state index contributed by atoms with van der Waals surface area (Å²) in [5, 5.41) is 14.0. The first-order chi connectivity index (χ1) is 9.21. The van der Waals surface area contributed by atoms with Gasteiger partial charge in [-0.3, -0.25) is 4.79 Å². The van der Waals surface area contributed by atoms with Gasteiger partial charge in [0, 0.05) is 26.2 Å². The lowest BCUT2D eigenvalue weighted by Gasteiger charge is -2.39. The monoisotopic (exact) mass is 262 g/mol. The Morgan fingerprint density at radius 2 is 2.11 bits per heavy atom.